The molecule has 1 aromatic heterocycles. The Balaban J connectivity index is 1.87. The van der Waals surface area contributed by atoms with Crippen molar-refractivity contribution in [2.24, 2.45) is 0 Å². The number of aromatic nitrogens is 4. The molecule has 0 N–H and O–H groups in total. The molecule has 0 bridgehead atoms. The molecular formula is C13H15N5O3. The first-order valence-corrected chi connectivity index (χ1v) is 6.59. The maximum Gasteiger partial charge on any atom is 0.337 e. The Morgan fingerprint density at radius 1 is 1.24 bits per heavy atom. The monoisotopic (exact) mass is 289 g/mol. The molecule has 1 aliphatic heterocycles. The fraction of sp³-hybridized carbons (Fsp3) is 0.385. The van der Waals surface area contributed by atoms with E-state index in [0.717, 1.165) is 18.7 Å². The standard InChI is InChI=1S/C13H15N5O3/c1-20-13(19)11-4-2-10(3-5-11)12-14-15-16-18(12)17-6-8-21-9-7-17/h2-5H,6-9H2,1H3. The van der Waals surface area contributed by atoms with Gasteiger partial charge in [0, 0.05) is 5.56 Å². The molecule has 0 atom stereocenters. The number of tetrazole rings is 1. The van der Waals surface area contributed by atoms with Crippen LogP contribution in [0.1, 0.15) is 10.4 Å². The molecule has 3 rings (SSSR count). The second-order valence-corrected chi connectivity index (χ2v) is 4.53. The number of methoxy groups -OCH3 is 1. The lowest BCUT2D eigenvalue weighted by molar-refractivity contribution is 0.0600. The number of carbonyl (C=O) groups excluding carboxylic acids is 1. The number of esters is 1. The highest BCUT2D eigenvalue weighted by Gasteiger charge is 2.18. The summed E-state index contributed by atoms with van der Waals surface area (Å²) in [5.41, 5.74) is 1.32. The van der Waals surface area contributed by atoms with Crippen LogP contribution in [-0.2, 0) is 9.47 Å². The lowest BCUT2D eigenvalue weighted by atomic mass is 10.1. The summed E-state index contributed by atoms with van der Waals surface area (Å²) in [6.45, 7) is 2.78. The van der Waals surface area contributed by atoms with Gasteiger partial charge >= 0.3 is 5.97 Å². The Morgan fingerprint density at radius 2 is 1.95 bits per heavy atom. The minimum atomic E-state index is -0.366. The van der Waals surface area contributed by atoms with E-state index < -0.39 is 0 Å². The third-order valence-electron chi connectivity index (χ3n) is 3.27. The number of carbonyl (C=O) groups is 1. The van der Waals surface area contributed by atoms with Gasteiger partial charge in [0.25, 0.3) is 0 Å². The van der Waals surface area contributed by atoms with E-state index >= 15 is 0 Å². The molecule has 0 amide bonds. The minimum Gasteiger partial charge on any atom is -0.465 e. The van der Waals surface area contributed by atoms with E-state index in [1.54, 1.807) is 29.1 Å². The van der Waals surface area contributed by atoms with Crippen molar-refractivity contribution in [3.8, 4) is 11.4 Å². The van der Waals surface area contributed by atoms with Gasteiger partial charge in [-0.3, -0.25) is 5.01 Å². The van der Waals surface area contributed by atoms with E-state index in [1.165, 1.54) is 7.11 Å². The van der Waals surface area contributed by atoms with Crippen LogP contribution in [0.2, 0.25) is 0 Å². The molecule has 21 heavy (non-hydrogen) atoms. The van der Waals surface area contributed by atoms with Gasteiger partial charge in [-0.25, -0.2) is 4.79 Å². The Morgan fingerprint density at radius 3 is 2.62 bits per heavy atom. The van der Waals surface area contributed by atoms with Crippen molar-refractivity contribution in [2.45, 2.75) is 0 Å². The van der Waals surface area contributed by atoms with Crippen molar-refractivity contribution in [2.75, 3.05) is 38.4 Å². The van der Waals surface area contributed by atoms with Gasteiger partial charge in [-0.05, 0) is 22.6 Å². The van der Waals surface area contributed by atoms with Gasteiger partial charge in [0.2, 0.25) is 5.82 Å². The first-order valence-electron chi connectivity index (χ1n) is 6.59. The SMILES string of the molecule is COC(=O)c1ccc(-c2nnnn2N2CCOCC2)cc1. The van der Waals surface area contributed by atoms with E-state index in [0.29, 0.717) is 24.6 Å². The number of hydrogen-bond acceptors (Lipinski definition) is 7. The minimum absolute atomic E-state index is 0.366. The molecule has 1 aliphatic rings. The van der Waals surface area contributed by atoms with Gasteiger partial charge in [-0.2, -0.15) is 0 Å². The van der Waals surface area contributed by atoms with Crippen LogP contribution in [0.5, 0.6) is 0 Å². The fourth-order valence-electron chi connectivity index (χ4n) is 2.16. The van der Waals surface area contributed by atoms with Gasteiger partial charge in [0.1, 0.15) is 0 Å². The van der Waals surface area contributed by atoms with Crippen LogP contribution in [0.4, 0.5) is 0 Å². The van der Waals surface area contributed by atoms with E-state index in [2.05, 4.69) is 20.3 Å². The summed E-state index contributed by atoms with van der Waals surface area (Å²) in [5.74, 6) is 0.266. The lowest BCUT2D eigenvalue weighted by Crippen LogP contribution is -2.45. The summed E-state index contributed by atoms with van der Waals surface area (Å²) in [4.78, 5) is 13.1. The Hall–Kier alpha value is -2.48. The second-order valence-electron chi connectivity index (χ2n) is 4.53. The highest BCUT2D eigenvalue weighted by atomic mass is 16.5. The molecule has 8 nitrogen and oxygen atoms in total. The van der Waals surface area contributed by atoms with Crippen molar-refractivity contribution < 1.29 is 14.3 Å². The van der Waals surface area contributed by atoms with Gasteiger partial charge in [0.05, 0.1) is 39.0 Å². The molecule has 8 heteroatoms. The maximum atomic E-state index is 11.4. The van der Waals surface area contributed by atoms with Crippen LogP contribution in [-0.4, -0.2) is 59.7 Å². The van der Waals surface area contributed by atoms with Gasteiger partial charge < -0.3 is 9.47 Å². The van der Waals surface area contributed by atoms with Crippen molar-refractivity contribution in [1.82, 2.24) is 20.3 Å². The third-order valence-corrected chi connectivity index (χ3v) is 3.27. The van der Waals surface area contributed by atoms with E-state index in [9.17, 15) is 4.79 Å². The summed E-state index contributed by atoms with van der Waals surface area (Å²) in [7, 11) is 1.36. The molecule has 0 saturated carbocycles. The number of benzene rings is 1. The molecule has 0 unspecified atom stereocenters. The van der Waals surface area contributed by atoms with Gasteiger partial charge in [-0.15, -0.1) is 9.89 Å². The topological polar surface area (TPSA) is 82.4 Å². The zero-order valence-corrected chi connectivity index (χ0v) is 11.6. The van der Waals surface area contributed by atoms with Crippen LogP contribution in [0.3, 0.4) is 0 Å². The van der Waals surface area contributed by atoms with E-state index in [4.69, 9.17) is 4.74 Å². The molecule has 1 aromatic carbocycles. The highest BCUT2D eigenvalue weighted by molar-refractivity contribution is 5.89. The number of ether oxygens (including phenoxy) is 2. The predicted octanol–water partition coefficient (Wildman–Crippen LogP) is 0.0949. The molecular weight excluding hydrogens is 274 g/mol. The molecule has 2 aromatic rings. The lowest BCUT2D eigenvalue weighted by Gasteiger charge is -2.28. The largest absolute Gasteiger partial charge is 0.465 e. The maximum absolute atomic E-state index is 11.4. The second kappa shape index (κ2) is 5.88. The number of hydrogen-bond donors (Lipinski definition) is 0. The molecule has 110 valence electrons. The van der Waals surface area contributed by atoms with Crippen molar-refractivity contribution in [3.63, 3.8) is 0 Å². The number of nitrogens with zero attached hydrogens (tertiary/aromatic N) is 5. The molecule has 2 heterocycles. The smallest absolute Gasteiger partial charge is 0.337 e. The average Bonchev–Trinajstić information content (AvgIpc) is 3.04. The molecule has 0 radical (unpaired) electrons. The van der Waals surface area contributed by atoms with Crippen LogP contribution in [0, 0.1) is 0 Å². The summed E-state index contributed by atoms with van der Waals surface area (Å²) in [6, 6.07) is 6.99. The van der Waals surface area contributed by atoms with Crippen LogP contribution < -0.4 is 5.01 Å². The van der Waals surface area contributed by atoms with Crippen molar-refractivity contribution in [3.05, 3.63) is 29.8 Å². The van der Waals surface area contributed by atoms with Gasteiger partial charge in [-0.1, -0.05) is 12.1 Å². The average molecular weight is 289 g/mol. The van der Waals surface area contributed by atoms with E-state index in [-0.39, 0.29) is 5.97 Å². The molecule has 0 spiro atoms. The normalized spacial score (nSPS) is 15.0. The third kappa shape index (κ3) is 2.70. The summed E-state index contributed by atoms with van der Waals surface area (Å²) in [5, 5.41) is 13.8. The first-order chi connectivity index (χ1) is 10.3. The van der Waals surface area contributed by atoms with Crippen LogP contribution in [0.15, 0.2) is 24.3 Å². The van der Waals surface area contributed by atoms with Crippen molar-refractivity contribution in [1.29, 1.82) is 0 Å². The molecule has 1 fully saturated rings. The van der Waals surface area contributed by atoms with Gasteiger partial charge in [0.15, 0.2) is 0 Å². The fourth-order valence-corrected chi connectivity index (χ4v) is 2.16. The number of rotatable bonds is 3. The van der Waals surface area contributed by atoms with Crippen LogP contribution in [0.25, 0.3) is 11.4 Å². The Labute approximate surface area is 121 Å². The first kappa shape index (κ1) is 13.5. The zero-order chi connectivity index (χ0) is 14.7. The summed E-state index contributed by atoms with van der Waals surface area (Å²) < 4.78 is 10.0. The quantitative estimate of drug-likeness (QED) is 0.741. The van der Waals surface area contributed by atoms with Crippen molar-refractivity contribution >= 4 is 5.97 Å². The Bertz CT molecular complexity index is 619. The molecule has 1 saturated heterocycles. The number of morpholine rings is 1. The van der Waals surface area contributed by atoms with E-state index in [1.807, 2.05) is 5.01 Å². The predicted molar refractivity (Wildman–Crippen MR) is 73.4 cm³/mol. The van der Waals surface area contributed by atoms with Crippen LogP contribution >= 0.6 is 0 Å². The molecule has 0 aliphatic carbocycles. The summed E-state index contributed by atoms with van der Waals surface area (Å²) >= 11 is 0. The summed E-state index contributed by atoms with van der Waals surface area (Å²) in [6.07, 6.45) is 0. The highest BCUT2D eigenvalue weighted by Crippen LogP contribution is 2.17. The Kier molecular flexibility index (Phi) is 3.78. The zero-order valence-electron chi connectivity index (χ0n) is 11.6.